The molecule has 0 saturated carbocycles. The highest BCUT2D eigenvalue weighted by molar-refractivity contribution is 7.13. The normalized spacial score (nSPS) is 20.2. The van der Waals surface area contributed by atoms with E-state index in [0.717, 1.165) is 37.8 Å². The highest BCUT2D eigenvalue weighted by atomic mass is 32.1. The third-order valence-electron chi connectivity index (χ3n) is 10.4. The van der Waals surface area contributed by atoms with Crippen LogP contribution < -0.4 is 14.8 Å². The number of nitrogens with one attached hydrogen (secondary N) is 1. The number of thiophene rings is 2. The number of hydrogen-bond donors (Lipinski definition) is 2. The van der Waals surface area contributed by atoms with Crippen molar-refractivity contribution in [2.45, 2.75) is 77.0 Å². The van der Waals surface area contributed by atoms with Crippen molar-refractivity contribution < 1.29 is 43.2 Å². The van der Waals surface area contributed by atoms with Crippen LogP contribution in [0.15, 0.2) is 72.2 Å². The van der Waals surface area contributed by atoms with Crippen molar-refractivity contribution in [3.8, 4) is 21.8 Å². The van der Waals surface area contributed by atoms with Crippen molar-refractivity contribution in [1.29, 1.82) is 0 Å². The van der Waals surface area contributed by atoms with Gasteiger partial charge < -0.3 is 34.3 Å². The van der Waals surface area contributed by atoms with Crippen molar-refractivity contribution in [2.24, 2.45) is 0 Å². The number of ether oxygens (including phenoxy) is 4. The molecular formula is C40H40N10O9S2. The lowest BCUT2D eigenvalue weighted by molar-refractivity contribution is 0.0363. The monoisotopic (exact) mass is 868 g/mol. The molecule has 0 spiro atoms. The van der Waals surface area contributed by atoms with Crippen LogP contribution in [0.1, 0.15) is 92.1 Å². The van der Waals surface area contributed by atoms with E-state index in [2.05, 4.69) is 42.6 Å². The number of carboxylic acid groups (broad SMARTS) is 1. The number of fused-ring (bicyclic) bond motifs is 2. The molecule has 21 heteroatoms. The molecule has 2 fully saturated rings. The Labute approximate surface area is 356 Å². The van der Waals surface area contributed by atoms with Crippen molar-refractivity contribution in [2.75, 3.05) is 13.1 Å². The maximum absolute atomic E-state index is 13.3. The van der Waals surface area contributed by atoms with Crippen LogP contribution in [-0.2, 0) is 22.7 Å². The molecule has 4 aliphatic rings. The van der Waals surface area contributed by atoms with Crippen molar-refractivity contribution in [3.63, 3.8) is 0 Å². The van der Waals surface area contributed by atoms with Gasteiger partial charge in [0.05, 0.1) is 64.7 Å². The zero-order valence-electron chi connectivity index (χ0n) is 32.9. The molecule has 316 valence electrons. The highest BCUT2D eigenvalue weighted by Crippen LogP contribution is 2.32. The lowest BCUT2D eigenvalue weighted by Gasteiger charge is -2.37. The van der Waals surface area contributed by atoms with Gasteiger partial charge in [-0.05, 0) is 74.6 Å². The summed E-state index contributed by atoms with van der Waals surface area (Å²) in [6, 6.07) is 7.28. The molecule has 1 amide bonds. The topological polar surface area (TPSA) is 228 Å². The van der Waals surface area contributed by atoms with Crippen molar-refractivity contribution >= 4 is 46.5 Å². The number of aromatic carboxylic acids is 1. The van der Waals surface area contributed by atoms with Gasteiger partial charge in [-0.3, -0.25) is 4.79 Å². The molecular weight excluding hydrogens is 829 g/mol. The van der Waals surface area contributed by atoms with Crippen molar-refractivity contribution in [1.82, 2.24) is 50.2 Å². The number of likely N-dealkylation sites (tertiary alicyclic amines) is 1. The Hall–Kier alpha value is -6.58. The molecule has 0 bridgehead atoms. The van der Waals surface area contributed by atoms with E-state index in [1.54, 1.807) is 48.4 Å². The summed E-state index contributed by atoms with van der Waals surface area (Å²) < 4.78 is 22.1. The van der Waals surface area contributed by atoms with E-state index >= 15 is 0 Å². The van der Waals surface area contributed by atoms with Gasteiger partial charge in [-0.1, -0.05) is 0 Å². The second-order valence-corrected chi connectivity index (χ2v) is 16.2. The lowest BCUT2D eigenvalue weighted by atomic mass is 10.00. The number of pyridine rings is 2. The molecule has 61 heavy (non-hydrogen) atoms. The average Bonchev–Trinajstić information content (AvgIpc) is 4.13. The minimum absolute atomic E-state index is 0.0749. The first-order valence-corrected chi connectivity index (χ1v) is 21.2. The molecule has 4 aliphatic heterocycles. The summed E-state index contributed by atoms with van der Waals surface area (Å²) in [7, 11) is 0. The smallest absolute Gasteiger partial charge is 0.339 e. The second-order valence-electron chi connectivity index (χ2n) is 14.4. The minimum Gasteiger partial charge on any atom is -0.478 e. The molecule has 0 radical (unpaired) electrons. The number of hydrogen-bond acceptors (Lipinski definition) is 17. The molecule has 0 aliphatic carbocycles. The predicted octanol–water partition coefficient (Wildman–Crippen LogP) is 4.76. The Kier molecular flexibility index (Phi) is 12.4. The third kappa shape index (κ3) is 9.12. The first-order chi connectivity index (χ1) is 29.6. The number of aromatic nitrogens is 8. The Balaban J connectivity index is 0.000000140. The molecule has 6 aromatic rings. The average molecular weight is 869 g/mol. The number of carbonyl (C=O) groups is 4. The third-order valence-corrected chi connectivity index (χ3v) is 12.1. The van der Waals surface area contributed by atoms with Gasteiger partial charge in [0.2, 0.25) is 11.8 Å². The van der Waals surface area contributed by atoms with Crippen LogP contribution >= 0.6 is 22.7 Å². The first-order valence-electron chi connectivity index (χ1n) is 19.4. The summed E-state index contributed by atoms with van der Waals surface area (Å²) in [4.78, 5) is 60.4. The van der Waals surface area contributed by atoms with Crippen LogP contribution in [0.3, 0.4) is 0 Å². The Morgan fingerprint density at radius 1 is 0.721 bits per heavy atom. The molecule has 0 aromatic carbocycles. The van der Waals surface area contributed by atoms with Crippen LogP contribution in [0.5, 0.6) is 11.8 Å². The molecule has 2 N–H and O–H groups in total. The summed E-state index contributed by atoms with van der Waals surface area (Å²) in [5.74, 6) is -0.735. The largest absolute Gasteiger partial charge is 0.478 e. The Bertz CT molecular complexity index is 2500. The van der Waals surface area contributed by atoms with Gasteiger partial charge in [0.15, 0.2) is 10.0 Å². The van der Waals surface area contributed by atoms with Crippen LogP contribution in [0, 0.1) is 0 Å². The van der Waals surface area contributed by atoms with E-state index in [9.17, 15) is 19.2 Å². The number of carbonyl (C=O) groups excluding carboxylic acids is 3. The fraction of sp³-hybridized carbons (Fsp3) is 0.350. The Morgan fingerprint density at radius 2 is 1.25 bits per heavy atom. The number of esters is 2. The maximum atomic E-state index is 13.3. The summed E-state index contributed by atoms with van der Waals surface area (Å²) in [6.45, 7) is 5.90. The van der Waals surface area contributed by atoms with Gasteiger partial charge >= 0.3 is 17.9 Å². The SMILES string of the molecule is C[C@@H]1CC[C@@H](Oc2nccc3c2COC3=O)CN1.C[C@@H]1CC[C@@H](Oc2nccc3c2COC3=O)CN1C(=O)c1ccsc1-n1nccn1.O=C(O)c1ccsc1-n1nccn1. The molecule has 0 unspecified atom stereocenters. The highest BCUT2D eigenvalue weighted by Gasteiger charge is 2.34. The van der Waals surface area contributed by atoms with E-state index < -0.39 is 5.97 Å². The molecule has 4 atom stereocenters. The van der Waals surface area contributed by atoms with Crippen LogP contribution in [0.4, 0.5) is 0 Å². The molecule has 10 heterocycles. The zero-order valence-corrected chi connectivity index (χ0v) is 34.6. The van der Waals surface area contributed by atoms with Gasteiger partial charge in [0.25, 0.3) is 5.91 Å². The predicted molar refractivity (Wildman–Crippen MR) is 217 cm³/mol. The van der Waals surface area contributed by atoms with Crippen LogP contribution in [0.2, 0.25) is 0 Å². The minimum atomic E-state index is -0.964. The maximum Gasteiger partial charge on any atom is 0.339 e. The summed E-state index contributed by atoms with van der Waals surface area (Å²) in [5.41, 5.74) is 3.32. The van der Waals surface area contributed by atoms with Gasteiger partial charge in [-0.25, -0.2) is 24.4 Å². The van der Waals surface area contributed by atoms with E-state index in [-0.39, 0.29) is 54.9 Å². The van der Waals surface area contributed by atoms with Gasteiger partial charge in [-0.15, -0.1) is 32.3 Å². The number of nitrogens with zero attached hydrogens (tertiary/aromatic N) is 9. The van der Waals surface area contributed by atoms with Gasteiger partial charge in [0, 0.05) is 31.0 Å². The summed E-state index contributed by atoms with van der Waals surface area (Å²) >= 11 is 2.71. The van der Waals surface area contributed by atoms with E-state index in [1.807, 2.05) is 17.2 Å². The number of amides is 1. The number of carboxylic acids is 1. The zero-order chi connectivity index (χ0) is 42.5. The first kappa shape index (κ1) is 41.2. The fourth-order valence-electron chi connectivity index (χ4n) is 7.12. The summed E-state index contributed by atoms with van der Waals surface area (Å²) in [6.07, 6.45) is 12.9. The lowest BCUT2D eigenvalue weighted by Crippen LogP contribution is -2.49. The van der Waals surface area contributed by atoms with Crippen LogP contribution in [-0.4, -0.2) is 111 Å². The number of piperidine rings is 2. The molecule has 6 aromatic heterocycles. The van der Waals surface area contributed by atoms with Crippen molar-refractivity contribution in [3.05, 3.63) is 106 Å². The second kappa shape index (κ2) is 18.4. The molecule has 19 nitrogen and oxygen atoms in total. The molecule has 2 saturated heterocycles. The number of rotatable bonds is 8. The van der Waals surface area contributed by atoms with Gasteiger partial charge in [0.1, 0.15) is 25.4 Å². The van der Waals surface area contributed by atoms with E-state index in [0.29, 0.717) is 56.6 Å². The van der Waals surface area contributed by atoms with E-state index in [1.165, 1.54) is 50.7 Å². The standard InChI is InChI=1S/C20H19N5O4S.C13H16N2O3.C7H5N3O2S/c1-12-2-3-13(29-17-16-11-28-20(27)14(16)4-6-21-17)10-24(12)18(26)15-5-9-30-19(15)25-22-7-8-23-25;1-8-2-3-9(6-15-8)18-12-11-7-17-13(16)10(11)4-5-14-12;11-7(12)5-1-4-13-6(5)10-8-2-3-9-10/h4-9,12-13H,2-3,10-11H2,1H3;4-5,8-9,15H,2-3,6-7H2,1H3;1-4H,(H,11,12)/t12-,13-;8-,9-;/m11./s1. The molecule has 10 rings (SSSR count). The van der Waals surface area contributed by atoms with Crippen LogP contribution in [0.25, 0.3) is 10.0 Å². The quantitative estimate of drug-likeness (QED) is 0.197. The van der Waals surface area contributed by atoms with E-state index in [4.69, 9.17) is 24.1 Å². The fourth-order valence-corrected chi connectivity index (χ4v) is 8.73. The number of cyclic esters (lactones) is 2. The Morgan fingerprint density at radius 3 is 1.79 bits per heavy atom. The van der Waals surface area contributed by atoms with Gasteiger partial charge in [-0.2, -0.15) is 20.4 Å². The summed E-state index contributed by atoms with van der Waals surface area (Å²) in [5, 5.41) is 33.0.